The van der Waals surface area contributed by atoms with Crippen molar-refractivity contribution in [2.75, 3.05) is 33.9 Å². The van der Waals surface area contributed by atoms with Gasteiger partial charge in [-0.3, -0.25) is 4.90 Å². The molecular formula is C13H22BNO4. The van der Waals surface area contributed by atoms with E-state index in [-0.39, 0.29) is 0 Å². The molecule has 1 aromatic rings. The summed E-state index contributed by atoms with van der Waals surface area (Å²) in [6, 6.07) is 5.25. The Morgan fingerprint density at radius 1 is 1.26 bits per heavy atom. The van der Waals surface area contributed by atoms with Gasteiger partial charge in [0.15, 0.2) is 0 Å². The second-order valence-electron chi connectivity index (χ2n) is 4.30. The van der Waals surface area contributed by atoms with Gasteiger partial charge >= 0.3 is 7.12 Å². The van der Waals surface area contributed by atoms with Gasteiger partial charge in [-0.2, -0.15) is 0 Å². The normalized spacial score (nSPS) is 10.8. The lowest BCUT2D eigenvalue weighted by Crippen LogP contribution is -2.36. The van der Waals surface area contributed by atoms with Gasteiger partial charge < -0.3 is 19.5 Å². The van der Waals surface area contributed by atoms with Gasteiger partial charge in [0, 0.05) is 20.2 Å². The van der Waals surface area contributed by atoms with E-state index >= 15 is 0 Å². The molecule has 2 N–H and O–H groups in total. The molecule has 0 radical (unpaired) electrons. The average molecular weight is 267 g/mol. The van der Waals surface area contributed by atoms with Gasteiger partial charge in [0.1, 0.15) is 5.75 Å². The largest absolute Gasteiger partial charge is 0.497 e. The fourth-order valence-electron chi connectivity index (χ4n) is 1.91. The Labute approximate surface area is 114 Å². The molecule has 0 amide bonds. The van der Waals surface area contributed by atoms with Crippen LogP contribution in [-0.4, -0.2) is 56.0 Å². The Hall–Kier alpha value is -1.08. The first-order valence-electron chi connectivity index (χ1n) is 6.36. The summed E-state index contributed by atoms with van der Waals surface area (Å²) in [5.41, 5.74) is 1.36. The van der Waals surface area contributed by atoms with E-state index < -0.39 is 7.12 Å². The summed E-state index contributed by atoms with van der Waals surface area (Å²) in [4.78, 5) is 2.17. The summed E-state index contributed by atoms with van der Waals surface area (Å²) >= 11 is 0. The van der Waals surface area contributed by atoms with Gasteiger partial charge in [0.2, 0.25) is 0 Å². The van der Waals surface area contributed by atoms with Crippen LogP contribution in [0.15, 0.2) is 18.2 Å². The lowest BCUT2D eigenvalue weighted by molar-refractivity contribution is 0.147. The lowest BCUT2D eigenvalue weighted by atomic mass is 9.77. The molecule has 0 aliphatic carbocycles. The molecule has 0 saturated heterocycles. The number of ether oxygens (including phenoxy) is 2. The maximum atomic E-state index is 9.40. The summed E-state index contributed by atoms with van der Waals surface area (Å²) in [5.74, 6) is 0.710. The molecule has 0 saturated carbocycles. The predicted molar refractivity (Wildman–Crippen MR) is 75.6 cm³/mol. The highest BCUT2D eigenvalue weighted by atomic mass is 16.5. The van der Waals surface area contributed by atoms with Gasteiger partial charge in [-0.1, -0.05) is 13.0 Å². The monoisotopic (exact) mass is 267 g/mol. The van der Waals surface area contributed by atoms with Gasteiger partial charge in [-0.15, -0.1) is 0 Å². The van der Waals surface area contributed by atoms with Crippen LogP contribution in [0, 0.1) is 0 Å². The van der Waals surface area contributed by atoms with Crippen molar-refractivity contribution >= 4 is 12.6 Å². The minimum absolute atomic E-state index is 0.511. The van der Waals surface area contributed by atoms with E-state index in [9.17, 15) is 10.0 Å². The number of rotatable bonds is 8. The van der Waals surface area contributed by atoms with E-state index in [1.165, 1.54) is 0 Å². The number of hydrogen-bond acceptors (Lipinski definition) is 5. The first-order chi connectivity index (χ1) is 9.12. The fraction of sp³-hybridized carbons (Fsp3) is 0.538. The highest BCUT2D eigenvalue weighted by Crippen LogP contribution is 2.13. The molecule has 0 heterocycles. The van der Waals surface area contributed by atoms with E-state index in [1.54, 1.807) is 26.4 Å². The molecule has 0 unspecified atom stereocenters. The van der Waals surface area contributed by atoms with Gasteiger partial charge in [0.25, 0.3) is 0 Å². The van der Waals surface area contributed by atoms with Crippen LogP contribution in [0.1, 0.15) is 12.5 Å². The Morgan fingerprint density at radius 3 is 2.53 bits per heavy atom. The highest BCUT2D eigenvalue weighted by Gasteiger charge is 2.18. The molecule has 0 atom stereocenters. The van der Waals surface area contributed by atoms with Crippen LogP contribution in [-0.2, 0) is 11.3 Å². The molecule has 0 aliphatic rings. The zero-order valence-corrected chi connectivity index (χ0v) is 11.8. The summed E-state index contributed by atoms with van der Waals surface area (Å²) in [6.45, 7) is 5.00. The van der Waals surface area contributed by atoms with Crippen molar-refractivity contribution in [3.8, 4) is 5.75 Å². The van der Waals surface area contributed by atoms with E-state index in [2.05, 4.69) is 11.8 Å². The molecule has 6 heteroatoms. The van der Waals surface area contributed by atoms with E-state index in [4.69, 9.17) is 9.47 Å². The number of methoxy groups -OCH3 is 2. The summed E-state index contributed by atoms with van der Waals surface area (Å²) in [7, 11) is 1.79. The molecule has 0 aromatic heterocycles. The first kappa shape index (κ1) is 16.0. The Bertz CT molecular complexity index is 387. The standard InChI is InChI=1S/C13H22BNO4/c1-4-15(7-8-18-2)10-11-9-12(19-3)5-6-13(11)14(16)17/h5-6,9,16-17H,4,7-8,10H2,1-3H3. The molecule has 0 aliphatic heterocycles. The Morgan fingerprint density at radius 2 is 2.00 bits per heavy atom. The SMILES string of the molecule is CCN(CCOC)Cc1cc(OC)ccc1B(O)O. The van der Waals surface area contributed by atoms with Gasteiger partial charge in [0.05, 0.1) is 13.7 Å². The third-order valence-corrected chi connectivity index (χ3v) is 3.08. The van der Waals surface area contributed by atoms with Crippen molar-refractivity contribution in [1.82, 2.24) is 4.90 Å². The van der Waals surface area contributed by atoms with E-state index in [1.807, 2.05) is 6.07 Å². The fourth-order valence-corrected chi connectivity index (χ4v) is 1.91. The minimum atomic E-state index is -1.47. The molecule has 0 spiro atoms. The third kappa shape index (κ3) is 4.83. The van der Waals surface area contributed by atoms with Crippen molar-refractivity contribution in [2.45, 2.75) is 13.5 Å². The van der Waals surface area contributed by atoms with Crippen LogP contribution in [0.5, 0.6) is 5.75 Å². The predicted octanol–water partition coefficient (Wildman–Crippen LogP) is -0.157. The number of nitrogens with zero attached hydrogens (tertiary/aromatic N) is 1. The number of likely N-dealkylation sites (N-methyl/N-ethyl adjacent to an activating group) is 1. The molecule has 1 aromatic carbocycles. The van der Waals surface area contributed by atoms with Crippen molar-refractivity contribution in [3.63, 3.8) is 0 Å². The topological polar surface area (TPSA) is 62.2 Å². The first-order valence-corrected chi connectivity index (χ1v) is 6.36. The minimum Gasteiger partial charge on any atom is -0.497 e. The van der Waals surface area contributed by atoms with E-state index in [0.29, 0.717) is 24.4 Å². The molecule has 0 fully saturated rings. The Balaban J connectivity index is 2.88. The lowest BCUT2D eigenvalue weighted by Gasteiger charge is -2.22. The van der Waals surface area contributed by atoms with Crippen LogP contribution >= 0.6 is 0 Å². The molecule has 19 heavy (non-hydrogen) atoms. The van der Waals surface area contributed by atoms with Crippen molar-refractivity contribution in [1.29, 1.82) is 0 Å². The summed E-state index contributed by atoms with van der Waals surface area (Å²) < 4.78 is 10.2. The van der Waals surface area contributed by atoms with Crippen LogP contribution in [0.25, 0.3) is 0 Å². The second-order valence-corrected chi connectivity index (χ2v) is 4.30. The zero-order valence-electron chi connectivity index (χ0n) is 11.8. The van der Waals surface area contributed by atoms with Crippen molar-refractivity contribution in [3.05, 3.63) is 23.8 Å². The highest BCUT2D eigenvalue weighted by molar-refractivity contribution is 6.59. The average Bonchev–Trinajstić information content (AvgIpc) is 2.42. The molecule has 5 nitrogen and oxygen atoms in total. The summed E-state index contributed by atoms with van der Waals surface area (Å²) in [5, 5.41) is 18.8. The maximum Gasteiger partial charge on any atom is 0.488 e. The van der Waals surface area contributed by atoms with Crippen LogP contribution in [0.4, 0.5) is 0 Å². The quantitative estimate of drug-likeness (QED) is 0.641. The molecule has 106 valence electrons. The van der Waals surface area contributed by atoms with Gasteiger partial charge in [-0.25, -0.2) is 0 Å². The molecular weight excluding hydrogens is 245 g/mol. The molecule has 0 bridgehead atoms. The smallest absolute Gasteiger partial charge is 0.488 e. The number of benzene rings is 1. The molecule has 1 rings (SSSR count). The van der Waals surface area contributed by atoms with Crippen molar-refractivity contribution < 1.29 is 19.5 Å². The summed E-state index contributed by atoms with van der Waals surface area (Å²) in [6.07, 6.45) is 0. The third-order valence-electron chi connectivity index (χ3n) is 3.08. The second kappa shape index (κ2) is 8.17. The number of hydrogen-bond donors (Lipinski definition) is 2. The Kier molecular flexibility index (Phi) is 6.87. The van der Waals surface area contributed by atoms with Crippen LogP contribution in [0.2, 0.25) is 0 Å². The van der Waals surface area contributed by atoms with E-state index in [0.717, 1.165) is 18.7 Å². The van der Waals surface area contributed by atoms with Crippen LogP contribution in [0.3, 0.4) is 0 Å². The van der Waals surface area contributed by atoms with Crippen molar-refractivity contribution in [2.24, 2.45) is 0 Å². The zero-order chi connectivity index (χ0) is 14.3. The van der Waals surface area contributed by atoms with Crippen LogP contribution < -0.4 is 10.2 Å². The maximum absolute atomic E-state index is 9.40. The van der Waals surface area contributed by atoms with Gasteiger partial charge in [-0.05, 0) is 29.7 Å².